The Hall–Kier alpha value is -2.22. The van der Waals surface area contributed by atoms with Gasteiger partial charge in [0, 0.05) is 29.2 Å². The molecule has 0 radical (unpaired) electrons. The van der Waals surface area contributed by atoms with E-state index in [1.54, 1.807) is 0 Å². The molecule has 1 heterocycles. The van der Waals surface area contributed by atoms with Crippen LogP contribution in [0.1, 0.15) is 26.3 Å². The van der Waals surface area contributed by atoms with Crippen molar-refractivity contribution in [3.63, 3.8) is 0 Å². The van der Waals surface area contributed by atoms with Crippen LogP contribution in [0.25, 0.3) is 0 Å². The Bertz CT molecular complexity index is 668. The second-order valence-corrected chi connectivity index (χ2v) is 6.97. The van der Waals surface area contributed by atoms with Gasteiger partial charge in [0.05, 0.1) is 0 Å². The molecule has 0 unspecified atom stereocenters. The van der Waals surface area contributed by atoms with Gasteiger partial charge in [-0.15, -0.1) is 0 Å². The predicted molar refractivity (Wildman–Crippen MR) is 95.0 cm³/mol. The van der Waals surface area contributed by atoms with E-state index in [9.17, 15) is 0 Å². The highest BCUT2D eigenvalue weighted by Gasteiger charge is 2.38. The van der Waals surface area contributed by atoms with Gasteiger partial charge in [-0.1, -0.05) is 57.2 Å². The van der Waals surface area contributed by atoms with Crippen molar-refractivity contribution in [2.45, 2.75) is 33.9 Å². The third kappa shape index (κ3) is 2.61. The number of rotatable bonds is 2. The molecule has 114 valence electrons. The molecule has 0 aromatic heterocycles. The monoisotopic (exact) mass is 292 g/mol. The number of aryl methyl sites for hydroxylation is 1. The molecule has 2 aromatic carbocycles. The molecule has 1 atom stereocenters. The average Bonchev–Trinajstić information content (AvgIpc) is 2.93. The third-order valence-electron chi connectivity index (χ3n) is 4.14. The third-order valence-corrected chi connectivity index (χ3v) is 4.14. The minimum absolute atomic E-state index is 0.113. The summed E-state index contributed by atoms with van der Waals surface area (Å²) in [5.41, 5.74) is 3.92. The fourth-order valence-corrected chi connectivity index (χ4v) is 3.17. The van der Waals surface area contributed by atoms with Crippen molar-refractivity contribution in [3.05, 3.63) is 72.6 Å². The maximum Gasteiger partial charge on any atom is 0.115 e. The summed E-state index contributed by atoms with van der Waals surface area (Å²) >= 11 is 0. The smallest absolute Gasteiger partial charge is 0.115 e. The van der Waals surface area contributed by atoms with E-state index in [0.717, 1.165) is 0 Å². The van der Waals surface area contributed by atoms with Crippen LogP contribution in [-0.2, 0) is 0 Å². The summed E-state index contributed by atoms with van der Waals surface area (Å²) in [6.07, 6.45) is 4.65. The highest BCUT2D eigenvalue weighted by atomic mass is 15.4. The zero-order chi connectivity index (χ0) is 15.7. The standard InChI is InChI=1S/C20H24N2/c1-16-10-8-9-13-18(16)22-15-14-21(19(22)20(2,3)4)17-11-6-5-7-12-17/h5-15,19H,1-4H3/t19-/m0/s1. The number of benzene rings is 2. The van der Waals surface area contributed by atoms with E-state index in [4.69, 9.17) is 0 Å². The Kier molecular flexibility index (Phi) is 3.69. The highest BCUT2D eigenvalue weighted by molar-refractivity contribution is 5.64. The molecule has 1 aliphatic rings. The molecule has 3 rings (SSSR count). The number of anilines is 2. The van der Waals surface area contributed by atoms with E-state index < -0.39 is 0 Å². The van der Waals surface area contributed by atoms with Gasteiger partial charge in [0.15, 0.2) is 0 Å². The Morgan fingerprint density at radius 2 is 1.36 bits per heavy atom. The zero-order valence-electron chi connectivity index (χ0n) is 13.8. The topological polar surface area (TPSA) is 6.48 Å². The second kappa shape index (κ2) is 5.53. The first-order valence-corrected chi connectivity index (χ1v) is 7.84. The lowest BCUT2D eigenvalue weighted by Gasteiger charge is -2.42. The van der Waals surface area contributed by atoms with Crippen molar-refractivity contribution >= 4 is 11.4 Å². The van der Waals surface area contributed by atoms with Crippen LogP contribution in [0.4, 0.5) is 11.4 Å². The van der Waals surface area contributed by atoms with E-state index in [0.29, 0.717) is 0 Å². The van der Waals surface area contributed by atoms with Gasteiger partial charge in [0.25, 0.3) is 0 Å². The summed E-state index contributed by atoms with van der Waals surface area (Å²) in [6, 6.07) is 19.2. The molecule has 1 aliphatic heterocycles. The van der Waals surface area contributed by atoms with Crippen LogP contribution in [0.2, 0.25) is 0 Å². The van der Waals surface area contributed by atoms with Crippen molar-refractivity contribution in [2.75, 3.05) is 9.80 Å². The fourth-order valence-electron chi connectivity index (χ4n) is 3.17. The number of para-hydroxylation sites is 2. The van der Waals surface area contributed by atoms with E-state index in [1.165, 1.54) is 16.9 Å². The molecular formula is C20H24N2. The van der Waals surface area contributed by atoms with Crippen LogP contribution in [0.15, 0.2) is 67.0 Å². The lowest BCUT2D eigenvalue weighted by atomic mass is 9.90. The minimum atomic E-state index is 0.113. The molecule has 2 nitrogen and oxygen atoms in total. The first-order chi connectivity index (χ1) is 10.5. The Morgan fingerprint density at radius 1 is 0.773 bits per heavy atom. The molecule has 0 N–H and O–H groups in total. The average molecular weight is 292 g/mol. The van der Waals surface area contributed by atoms with Gasteiger partial charge in [-0.05, 0) is 30.7 Å². The van der Waals surface area contributed by atoms with E-state index >= 15 is 0 Å². The maximum absolute atomic E-state index is 2.39. The van der Waals surface area contributed by atoms with Crippen molar-refractivity contribution in [1.82, 2.24) is 0 Å². The molecule has 0 aliphatic carbocycles. The van der Waals surface area contributed by atoms with E-state index in [2.05, 4.69) is 104 Å². The van der Waals surface area contributed by atoms with Crippen molar-refractivity contribution in [1.29, 1.82) is 0 Å². The summed E-state index contributed by atoms with van der Waals surface area (Å²) in [5.74, 6) is 0. The predicted octanol–water partition coefficient (Wildman–Crippen LogP) is 5.17. The summed E-state index contributed by atoms with van der Waals surface area (Å²) < 4.78 is 0. The van der Waals surface area contributed by atoms with E-state index in [-0.39, 0.29) is 11.6 Å². The Balaban J connectivity index is 2.03. The first kappa shape index (κ1) is 14.7. The first-order valence-electron chi connectivity index (χ1n) is 7.84. The molecule has 22 heavy (non-hydrogen) atoms. The van der Waals surface area contributed by atoms with E-state index in [1.807, 2.05) is 0 Å². The molecule has 0 saturated heterocycles. The van der Waals surface area contributed by atoms with Gasteiger partial charge in [0.1, 0.15) is 6.17 Å². The SMILES string of the molecule is Cc1ccccc1N1C=CN(c2ccccc2)[C@@H]1C(C)(C)C. The maximum atomic E-state index is 2.39. The number of nitrogens with zero attached hydrogens (tertiary/aromatic N) is 2. The highest BCUT2D eigenvalue weighted by Crippen LogP contribution is 2.38. The lowest BCUT2D eigenvalue weighted by Crippen LogP contribution is -2.48. The van der Waals surface area contributed by atoms with Gasteiger partial charge >= 0.3 is 0 Å². The minimum Gasteiger partial charge on any atom is -0.325 e. The molecular weight excluding hydrogens is 268 g/mol. The van der Waals surface area contributed by atoms with Crippen LogP contribution in [0, 0.1) is 12.3 Å². The van der Waals surface area contributed by atoms with Crippen molar-refractivity contribution < 1.29 is 0 Å². The summed E-state index contributed by atoms with van der Waals surface area (Å²) in [7, 11) is 0. The molecule has 0 bridgehead atoms. The van der Waals surface area contributed by atoms with Crippen LogP contribution < -0.4 is 9.80 Å². The summed E-state index contributed by atoms with van der Waals surface area (Å²) in [6.45, 7) is 9.07. The lowest BCUT2D eigenvalue weighted by molar-refractivity contribution is 0.327. The van der Waals surface area contributed by atoms with Crippen LogP contribution in [-0.4, -0.2) is 6.17 Å². The number of hydrogen-bond donors (Lipinski definition) is 0. The quantitative estimate of drug-likeness (QED) is 0.754. The van der Waals surface area contributed by atoms with Gasteiger partial charge in [0.2, 0.25) is 0 Å². The van der Waals surface area contributed by atoms with Gasteiger partial charge in [-0.2, -0.15) is 0 Å². The normalized spacial score (nSPS) is 18.1. The number of hydrogen-bond acceptors (Lipinski definition) is 2. The van der Waals surface area contributed by atoms with Crippen LogP contribution in [0.3, 0.4) is 0 Å². The molecule has 2 heteroatoms. The van der Waals surface area contributed by atoms with Gasteiger partial charge in [-0.3, -0.25) is 0 Å². The Morgan fingerprint density at radius 3 is 2.00 bits per heavy atom. The van der Waals surface area contributed by atoms with Crippen LogP contribution >= 0.6 is 0 Å². The molecule has 2 aromatic rings. The Labute approximate surface area is 133 Å². The van der Waals surface area contributed by atoms with Crippen molar-refractivity contribution in [2.24, 2.45) is 5.41 Å². The van der Waals surface area contributed by atoms with Gasteiger partial charge < -0.3 is 9.80 Å². The molecule has 0 amide bonds. The molecule has 0 spiro atoms. The largest absolute Gasteiger partial charge is 0.325 e. The van der Waals surface area contributed by atoms with Gasteiger partial charge in [-0.25, -0.2) is 0 Å². The summed E-state index contributed by atoms with van der Waals surface area (Å²) in [5, 5.41) is 0. The zero-order valence-corrected chi connectivity index (χ0v) is 13.8. The molecule has 0 fully saturated rings. The second-order valence-electron chi connectivity index (χ2n) is 6.97. The van der Waals surface area contributed by atoms with Crippen LogP contribution in [0.5, 0.6) is 0 Å². The van der Waals surface area contributed by atoms with Crippen molar-refractivity contribution in [3.8, 4) is 0 Å². The summed E-state index contributed by atoms with van der Waals surface area (Å²) in [4.78, 5) is 4.76. The molecule has 0 saturated carbocycles. The fraction of sp³-hybridized carbons (Fsp3) is 0.300.